The summed E-state index contributed by atoms with van der Waals surface area (Å²) in [5, 5.41) is 0. The van der Waals surface area contributed by atoms with E-state index in [-0.39, 0.29) is 18.1 Å². The average molecular weight is 318 g/mol. The summed E-state index contributed by atoms with van der Waals surface area (Å²) in [6.07, 6.45) is 3.03. The first-order chi connectivity index (χ1) is 11.1. The first kappa shape index (κ1) is 17.2. The average Bonchev–Trinajstić information content (AvgIpc) is 2.94. The second-order valence-electron chi connectivity index (χ2n) is 5.58. The summed E-state index contributed by atoms with van der Waals surface area (Å²) >= 11 is 0. The third-order valence-electron chi connectivity index (χ3n) is 3.80. The highest BCUT2D eigenvalue weighted by Gasteiger charge is 2.15. The Morgan fingerprint density at radius 3 is 2.61 bits per heavy atom. The van der Waals surface area contributed by atoms with E-state index in [2.05, 4.69) is 0 Å². The molecule has 4 nitrogen and oxygen atoms in total. The Morgan fingerprint density at radius 1 is 1.26 bits per heavy atom. The molecular formula is C18H23FN2O2. The summed E-state index contributed by atoms with van der Waals surface area (Å²) in [7, 11) is 3.62. The highest BCUT2D eigenvalue weighted by molar-refractivity contribution is 5.78. The molecule has 2 aromatic rings. The van der Waals surface area contributed by atoms with Gasteiger partial charge in [-0.1, -0.05) is 12.1 Å². The van der Waals surface area contributed by atoms with Crippen LogP contribution < -0.4 is 0 Å². The van der Waals surface area contributed by atoms with Crippen LogP contribution in [-0.2, 0) is 29.5 Å². The summed E-state index contributed by atoms with van der Waals surface area (Å²) in [5.41, 5.74) is 1.90. The first-order valence-electron chi connectivity index (χ1n) is 7.71. The lowest BCUT2D eigenvalue weighted by atomic mass is 10.1. The van der Waals surface area contributed by atoms with Gasteiger partial charge in [-0.15, -0.1) is 0 Å². The zero-order valence-electron chi connectivity index (χ0n) is 13.7. The number of benzene rings is 1. The van der Waals surface area contributed by atoms with Crippen molar-refractivity contribution in [1.82, 2.24) is 9.47 Å². The highest BCUT2D eigenvalue weighted by atomic mass is 19.1. The SMILES string of the molecule is COCCCN(Cc1cccn1C)C(=O)Cc1ccc(F)cc1. The van der Waals surface area contributed by atoms with Gasteiger partial charge in [-0.25, -0.2) is 4.39 Å². The van der Waals surface area contributed by atoms with Crippen LogP contribution in [0.4, 0.5) is 4.39 Å². The highest BCUT2D eigenvalue weighted by Crippen LogP contribution is 2.10. The molecule has 0 radical (unpaired) electrons. The number of rotatable bonds is 8. The van der Waals surface area contributed by atoms with E-state index in [1.54, 1.807) is 19.2 Å². The van der Waals surface area contributed by atoms with Crippen LogP contribution in [0.5, 0.6) is 0 Å². The Morgan fingerprint density at radius 2 is 2.00 bits per heavy atom. The molecule has 0 spiro atoms. The van der Waals surface area contributed by atoms with Crippen LogP contribution in [-0.4, -0.2) is 35.6 Å². The molecule has 2 rings (SSSR count). The summed E-state index contributed by atoms with van der Waals surface area (Å²) in [5.74, 6) is -0.254. The molecule has 1 amide bonds. The number of aromatic nitrogens is 1. The van der Waals surface area contributed by atoms with Crippen molar-refractivity contribution in [2.24, 2.45) is 7.05 Å². The van der Waals surface area contributed by atoms with E-state index in [4.69, 9.17) is 4.74 Å². The number of amides is 1. The van der Waals surface area contributed by atoms with Crippen LogP contribution in [0, 0.1) is 5.82 Å². The van der Waals surface area contributed by atoms with Crippen molar-refractivity contribution in [2.75, 3.05) is 20.3 Å². The second-order valence-corrected chi connectivity index (χ2v) is 5.58. The van der Waals surface area contributed by atoms with Crippen LogP contribution in [0.25, 0.3) is 0 Å². The third-order valence-corrected chi connectivity index (χ3v) is 3.80. The summed E-state index contributed by atoms with van der Waals surface area (Å²) < 4.78 is 20.1. The van der Waals surface area contributed by atoms with Gasteiger partial charge in [-0.2, -0.15) is 0 Å². The predicted molar refractivity (Wildman–Crippen MR) is 87.4 cm³/mol. The molecule has 1 aromatic heterocycles. The maximum atomic E-state index is 13.0. The van der Waals surface area contributed by atoms with Gasteiger partial charge < -0.3 is 14.2 Å². The first-order valence-corrected chi connectivity index (χ1v) is 7.71. The molecule has 0 bridgehead atoms. The minimum Gasteiger partial charge on any atom is -0.385 e. The van der Waals surface area contributed by atoms with E-state index in [0.717, 1.165) is 17.7 Å². The zero-order valence-corrected chi connectivity index (χ0v) is 13.7. The Balaban J connectivity index is 2.03. The van der Waals surface area contributed by atoms with E-state index < -0.39 is 0 Å². The maximum Gasteiger partial charge on any atom is 0.227 e. The van der Waals surface area contributed by atoms with Crippen molar-refractivity contribution in [1.29, 1.82) is 0 Å². The molecule has 0 aliphatic heterocycles. The van der Waals surface area contributed by atoms with Gasteiger partial charge >= 0.3 is 0 Å². The number of ether oxygens (including phenoxy) is 1. The largest absolute Gasteiger partial charge is 0.385 e. The van der Waals surface area contributed by atoms with Gasteiger partial charge in [0, 0.05) is 39.2 Å². The van der Waals surface area contributed by atoms with Crippen molar-refractivity contribution >= 4 is 5.91 Å². The molecule has 0 aliphatic carbocycles. The number of nitrogens with zero attached hydrogens (tertiary/aromatic N) is 2. The maximum absolute atomic E-state index is 13.0. The van der Waals surface area contributed by atoms with Gasteiger partial charge in [-0.3, -0.25) is 4.79 Å². The minimum absolute atomic E-state index is 0.0360. The molecule has 0 unspecified atom stereocenters. The molecule has 0 saturated heterocycles. The Kier molecular flexibility index (Phi) is 6.35. The van der Waals surface area contributed by atoms with Crippen molar-refractivity contribution in [3.05, 3.63) is 59.7 Å². The monoisotopic (exact) mass is 318 g/mol. The molecule has 0 aliphatic rings. The predicted octanol–water partition coefficient (Wildman–Crippen LogP) is 2.77. The van der Waals surface area contributed by atoms with Crippen LogP contribution in [0.15, 0.2) is 42.6 Å². The second kappa shape index (κ2) is 8.48. The van der Waals surface area contributed by atoms with Crippen LogP contribution >= 0.6 is 0 Å². The summed E-state index contributed by atoms with van der Waals surface area (Å²) in [6.45, 7) is 1.82. The molecule has 1 aromatic carbocycles. The van der Waals surface area contributed by atoms with Gasteiger partial charge in [0.05, 0.1) is 13.0 Å². The number of carbonyl (C=O) groups excluding carboxylic acids is 1. The van der Waals surface area contributed by atoms with E-state index in [9.17, 15) is 9.18 Å². The van der Waals surface area contributed by atoms with Crippen LogP contribution in [0.2, 0.25) is 0 Å². The molecular weight excluding hydrogens is 295 g/mol. The fraction of sp³-hybridized carbons (Fsp3) is 0.389. The number of methoxy groups -OCH3 is 1. The number of hydrogen-bond acceptors (Lipinski definition) is 2. The fourth-order valence-corrected chi connectivity index (χ4v) is 2.44. The number of carbonyl (C=O) groups is 1. The van der Waals surface area contributed by atoms with E-state index in [0.29, 0.717) is 19.7 Å². The number of aryl methyl sites for hydroxylation is 1. The fourth-order valence-electron chi connectivity index (χ4n) is 2.44. The summed E-state index contributed by atoms with van der Waals surface area (Å²) in [6, 6.07) is 10.1. The lowest BCUT2D eigenvalue weighted by molar-refractivity contribution is -0.131. The Bertz CT molecular complexity index is 622. The lowest BCUT2D eigenvalue weighted by Crippen LogP contribution is -2.33. The van der Waals surface area contributed by atoms with Crippen molar-refractivity contribution in [2.45, 2.75) is 19.4 Å². The quantitative estimate of drug-likeness (QED) is 0.702. The molecule has 0 N–H and O–H groups in total. The Hall–Kier alpha value is -2.14. The molecule has 124 valence electrons. The van der Waals surface area contributed by atoms with Gasteiger partial charge in [0.1, 0.15) is 5.82 Å². The number of halogens is 1. The van der Waals surface area contributed by atoms with Gasteiger partial charge in [0.15, 0.2) is 0 Å². The minimum atomic E-state index is -0.290. The smallest absolute Gasteiger partial charge is 0.227 e. The van der Waals surface area contributed by atoms with Crippen molar-refractivity contribution < 1.29 is 13.9 Å². The standard InChI is InChI=1S/C18H23FN2O2/c1-20-10-3-5-17(20)14-21(11-4-12-23-2)18(22)13-15-6-8-16(19)9-7-15/h3,5-10H,4,11-14H2,1-2H3. The van der Waals surface area contributed by atoms with E-state index in [1.807, 2.05) is 34.8 Å². The van der Waals surface area contributed by atoms with E-state index in [1.165, 1.54) is 12.1 Å². The molecule has 1 heterocycles. The van der Waals surface area contributed by atoms with Crippen LogP contribution in [0.1, 0.15) is 17.7 Å². The van der Waals surface area contributed by atoms with Crippen molar-refractivity contribution in [3.63, 3.8) is 0 Å². The van der Waals surface area contributed by atoms with Gasteiger partial charge in [0.25, 0.3) is 0 Å². The zero-order chi connectivity index (χ0) is 16.7. The van der Waals surface area contributed by atoms with Gasteiger partial charge in [-0.05, 0) is 36.2 Å². The topological polar surface area (TPSA) is 34.5 Å². The van der Waals surface area contributed by atoms with Crippen molar-refractivity contribution in [3.8, 4) is 0 Å². The molecule has 5 heteroatoms. The molecule has 0 atom stereocenters. The van der Waals surface area contributed by atoms with Crippen LogP contribution in [0.3, 0.4) is 0 Å². The van der Waals surface area contributed by atoms with Gasteiger partial charge in [0.2, 0.25) is 5.91 Å². The Labute approximate surface area is 136 Å². The molecule has 0 saturated carbocycles. The normalized spacial score (nSPS) is 10.7. The number of hydrogen-bond donors (Lipinski definition) is 0. The molecule has 23 heavy (non-hydrogen) atoms. The van der Waals surface area contributed by atoms with E-state index >= 15 is 0 Å². The molecule has 0 fully saturated rings. The lowest BCUT2D eigenvalue weighted by Gasteiger charge is -2.23. The third kappa shape index (κ3) is 5.21. The summed E-state index contributed by atoms with van der Waals surface area (Å²) in [4.78, 5) is 14.4.